The summed E-state index contributed by atoms with van der Waals surface area (Å²) in [7, 11) is 0. The van der Waals surface area contributed by atoms with Crippen LogP contribution in [0.3, 0.4) is 0 Å². The molecule has 1 aliphatic rings. The maximum Gasteiger partial charge on any atom is 0.412 e. The van der Waals surface area contributed by atoms with Crippen LogP contribution in [0, 0.1) is 0 Å². The number of benzene rings is 2. The third-order valence-corrected chi connectivity index (χ3v) is 4.32. The number of urea groups is 1. The highest BCUT2D eigenvalue weighted by Gasteiger charge is 2.24. The normalized spacial score (nSPS) is 15.5. The Hall–Kier alpha value is -2.93. The van der Waals surface area contributed by atoms with Gasteiger partial charge in [0.15, 0.2) is 0 Å². The number of fused-ring (bicyclic) bond motifs is 1. The smallest absolute Gasteiger partial charge is 0.412 e. The second kappa shape index (κ2) is 8.61. The van der Waals surface area contributed by atoms with Crippen LogP contribution in [0.2, 0.25) is 5.02 Å². The first kappa shape index (κ1) is 20.8. The first-order valence-electron chi connectivity index (χ1n) is 9.29. The van der Waals surface area contributed by atoms with Gasteiger partial charge in [0.1, 0.15) is 11.4 Å². The van der Waals surface area contributed by atoms with Crippen LogP contribution in [0.4, 0.5) is 21.0 Å². The number of ether oxygens (including phenoxy) is 2. The number of amides is 3. The van der Waals surface area contributed by atoms with E-state index in [1.165, 1.54) is 0 Å². The molecule has 0 fully saturated rings. The van der Waals surface area contributed by atoms with E-state index in [1.807, 2.05) is 0 Å². The van der Waals surface area contributed by atoms with E-state index in [0.29, 0.717) is 35.2 Å². The molecule has 3 rings (SSSR count). The fraction of sp³-hybridized carbons (Fsp3) is 0.333. The molecule has 0 saturated heterocycles. The van der Waals surface area contributed by atoms with Crippen LogP contribution < -0.4 is 20.7 Å². The molecule has 0 aromatic heterocycles. The molecule has 3 amide bonds. The average Bonchev–Trinajstić information content (AvgIpc) is 2.60. The van der Waals surface area contributed by atoms with Gasteiger partial charge in [-0.15, -0.1) is 0 Å². The number of carbonyl (C=O) groups excluding carboxylic acids is 2. The summed E-state index contributed by atoms with van der Waals surface area (Å²) >= 11 is 5.95. The first-order valence-corrected chi connectivity index (χ1v) is 9.67. The minimum absolute atomic E-state index is 0.265. The van der Waals surface area contributed by atoms with Gasteiger partial charge in [0.05, 0.1) is 12.6 Å². The van der Waals surface area contributed by atoms with E-state index in [-0.39, 0.29) is 12.1 Å². The van der Waals surface area contributed by atoms with Gasteiger partial charge in [-0.2, -0.15) is 0 Å². The van der Waals surface area contributed by atoms with Crippen LogP contribution in [0.5, 0.6) is 5.75 Å². The molecule has 0 bridgehead atoms. The highest BCUT2D eigenvalue weighted by atomic mass is 35.5. The van der Waals surface area contributed by atoms with Crippen LogP contribution in [0.25, 0.3) is 0 Å². The largest absolute Gasteiger partial charge is 0.493 e. The quantitative estimate of drug-likeness (QED) is 0.629. The molecule has 2 aromatic rings. The number of hydrogen-bond donors (Lipinski definition) is 3. The van der Waals surface area contributed by atoms with Gasteiger partial charge in [-0.05, 0) is 57.2 Å². The first-order chi connectivity index (χ1) is 13.7. The van der Waals surface area contributed by atoms with Crippen LogP contribution in [0.1, 0.15) is 38.8 Å². The SMILES string of the molecule is CC(C)(C)OC(=O)Nc1ccc2c(c1)[C@@H](NC(=O)Nc1cccc(Cl)c1)CCO2. The lowest BCUT2D eigenvalue weighted by Gasteiger charge is -2.27. The summed E-state index contributed by atoms with van der Waals surface area (Å²) in [6, 6.07) is 11.6. The lowest BCUT2D eigenvalue weighted by atomic mass is 10.00. The molecule has 1 aliphatic heterocycles. The highest BCUT2D eigenvalue weighted by Crippen LogP contribution is 2.34. The summed E-state index contributed by atoms with van der Waals surface area (Å²) in [6.07, 6.45) is 0.0589. The molecule has 1 heterocycles. The Morgan fingerprint density at radius 2 is 1.86 bits per heavy atom. The number of halogens is 1. The van der Waals surface area contributed by atoms with Crippen molar-refractivity contribution < 1.29 is 19.1 Å². The molecule has 0 spiro atoms. The van der Waals surface area contributed by atoms with Gasteiger partial charge in [-0.1, -0.05) is 17.7 Å². The zero-order valence-electron chi connectivity index (χ0n) is 16.5. The van der Waals surface area contributed by atoms with E-state index in [9.17, 15) is 9.59 Å². The Morgan fingerprint density at radius 3 is 2.59 bits per heavy atom. The fourth-order valence-corrected chi connectivity index (χ4v) is 3.13. The Balaban J connectivity index is 1.70. The summed E-state index contributed by atoms with van der Waals surface area (Å²) in [6.45, 7) is 5.87. The Morgan fingerprint density at radius 1 is 1.10 bits per heavy atom. The number of anilines is 2. The molecule has 29 heavy (non-hydrogen) atoms. The number of hydrogen-bond acceptors (Lipinski definition) is 4. The lowest BCUT2D eigenvalue weighted by Crippen LogP contribution is -2.35. The van der Waals surface area contributed by atoms with E-state index in [4.69, 9.17) is 21.1 Å². The Kier molecular flexibility index (Phi) is 6.17. The molecule has 0 unspecified atom stereocenters. The highest BCUT2D eigenvalue weighted by molar-refractivity contribution is 6.30. The van der Waals surface area contributed by atoms with Gasteiger partial charge < -0.3 is 20.1 Å². The average molecular weight is 418 g/mol. The maximum atomic E-state index is 12.4. The molecule has 3 N–H and O–H groups in total. The zero-order chi connectivity index (χ0) is 21.0. The van der Waals surface area contributed by atoms with Crippen molar-refractivity contribution in [3.05, 3.63) is 53.1 Å². The van der Waals surface area contributed by atoms with E-state index in [0.717, 1.165) is 5.56 Å². The summed E-state index contributed by atoms with van der Waals surface area (Å²) in [5.74, 6) is 0.666. The molecule has 1 atom stereocenters. The number of carbonyl (C=O) groups is 2. The van der Waals surface area contributed by atoms with E-state index < -0.39 is 11.7 Å². The third kappa shape index (κ3) is 6.02. The summed E-state index contributed by atoms with van der Waals surface area (Å²) in [5, 5.41) is 8.96. The Labute approximate surface area is 174 Å². The van der Waals surface area contributed by atoms with Crippen LogP contribution in [-0.4, -0.2) is 24.3 Å². The van der Waals surface area contributed by atoms with E-state index >= 15 is 0 Å². The van der Waals surface area contributed by atoms with Crippen molar-refractivity contribution >= 4 is 35.1 Å². The minimum atomic E-state index is -0.593. The van der Waals surface area contributed by atoms with Crippen LogP contribution in [-0.2, 0) is 4.74 Å². The van der Waals surface area contributed by atoms with Gasteiger partial charge in [0.2, 0.25) is 0 Å². The van der Waals surface area contributed by atoms with Gasteiger partial charge in [0.25, 0.3) is 0 Å². The number of rotatable bonds is 3. The van der Waals surface area contributed by atoms with Crippen molar-refractivity contribution in [3.8, 4) is 5.75 Å². The molecular formula is C21H24ClN3O4. The van der Waals surface area contributed by atoms with Crippen molar-refractivity contribution in [2.45, 2.75) is 38.8 Å². The monoisotopic (exact) mass is 417 g/mol. The van der Waals surface area contributed by atoms with Crippen molar-refractivity contribution in [2.75, 3.05) is 17.2 Å². The molecule has 0 aliphatic carbocycles. The second-order valence-corrected chi connectivity index (χ2v) is 8.11. The van der Waals surface area contributed by atoms with Crippen molar-refractivity contribution in [1.29, 1.82) is 0 Å². The molecule has 8 heteroatoms. The fourth-order valence-electron chi connectivity index (χ4n) is 2.94. The topological polar surface area (TPSA) is 88.7 Å². The van der Waals surface area contributed by atoms with Gasteiger partial charge >= 0.3 is 12.1 Å². The third-order valence-electron chi connectivity index (χ3n) is 4.08. The lowest BCUT2D eigenvalue weighted by molar-refractivity contribution is 0.0636. The number of nitrogens with one attached hydrogen (secondary N) is 3. The standard InChI is InChI=1S/C21H24ClN3O4/c1-21(2,3)29-20(27)24-15-7-8-18-16(12-15)17(9-10-28-18)25-19(26)23-14-6-4-5-13(22)11-14/h4-8,11-12,17H,9-10H2,1-3H3,(H,24,27)(H2,23,25,26)/t17-/m0/s1. The zero-order valence-corrected chi connectivity index (χ0v) is 17.3. The van der Waals surface area contributed by atoms with Crippen LogP contribution in [0.15, 0.2) is 42.5 Å². The van der Waals surface area contributed by atoms with Crippen molar-refractivity contribution in [2.24, 2.45) is 0 Å². The Bertz CT molecular complexity index is 911. The van der Waals surface area contributed by atoms with Gasteiger partial charge in [-0.25, -0.2) is 9.59 Å². The second-order valence-electron chi connectivity index (χ2n) is 7.68. The summed E-state index contributed by atoms with van der Waals surface area (Å²) in [5.41, 5.74) is 1.35. The molecular weight excluding hydrogens is 394 g/mol. The molecule has 154 valence electrons. The van der Waals surface area contributed by atoms with Crippen molar-refractivity contribution in [1.82, 2.24) is 5.32 Å². The molecule has 0 saturated carbocycles. The minimum Gasteiger partial charge on any atom is -0.493 e. The van der Waals surface area contributed by atoms with Gasteiger partial charge in [-0.3, -0.25) is 5.32 Å². The molecule has 7 nitrogen and oxygen atoms in total. The predicted octanol–water partition coefficient (Wildman–Crippen LogP) is 5.33. The molecule has 2 aromatic carbocycles. The maximum absolute atomic E-state index is 12.4. The van der Waals surface area contributed by atoms with Crippen molar-refractivity contribution in [3.63, 3.8) is 0 Å². The van der Waals surface area contributed by atoms with Gasteiger partial charge in [0, 0.05) is 28.4 Å². The summed E-state index contributed by atoms with van der Waals surface area (Å²) < 4.78 is 11.0. The molecule has 0 radical (unpaired) electrons. The summed E-state index contributed by atoms with van der Waals surface area (Å²) in [4.78, 5) is 24.5. The predicted molar refractivity (Wildman–Crippen MR) is 113 cm³/mol. The van der Waals surface area contributed by atoms with E-state index in [2.05, 4.69) is 16.0 Å². The van der Waals surface area contributed by atoms with E-state index in [1.54, 1.807) is 63.2 Å². The van der Waals surface area contributed by atoms with Crippen LogP contribution >= 0.6 is 11.6 Å².